The third-order valence-electron chi connectivity index (χ3n) is 4.26. The van der Waals surface area contributed by atoms with Gasteiger partial charge < -0.3 is 15.4 Å². The molecule has 6 nitrogen and oxygen atoms in total. The highest BCUT2D eigenvalue weighted by Gasteiger charge is 2.26. The van der Waals surface area contributed by atoms with Gasteiger partial charge in [-0.05, 0) is 35.9 Å². The largest absolute Gasteiger partial charge is 0.465 e. The number of ether oxygens (including phenoxy) is 1. The molecule has 1 aromatic carbocycles. The molecule has 0 bridgehead atoms. The number of esters is 1. The summed E-state index contributed by atoms with van der Waals surface area (Å²) < 4.78 is 4.85. The van der Waals surface area contributed by atoms with Gasteiger partial charge in [0.2, 0.25) is 0 Å². The lowest BCUT2D eigenvalue weighted by molar-refractivity contribution is 0.0601. The van der Waals surface area contributed by atoms with Crippen LogP contribution in [0.3, 0.4) is 0 Å². The summed E-state index contributed by atoms with van der Waals surface area (Å²) in [5.74, 6) is -1.21. The number of carbonyl (C=O) groups is 3. The van der Waals surface area contributed by atoms with Gasteiger partial charge in [0.05, 0.1) is 22.4 Å². The average molecular weight is 429 g/mol. The molecule has 2 amide bonds. The molecule has 0 aliphatic rings. The standard InChI is InChI=1S/C21H20N2O4S2/c1-13-16(21(26)27-2)20(23-18(24)15-9-6-12-28-15)29-17(13)19(25)22-11-10-14-7-4-3-5-8-14/h3-9,12H,10-11H2,1-2H3,(H,22,25)(H,23,24). The van der Waals surface area contributed by atoms with Crippen LogP contribution in [0.1, 0.15) is 40.8 Å². The number of methoxy groups -OCH3 is 1. The number of thiophene rings is 2. The third kappa shape index (κ3) is 4.90. The first-order chi connectivity index (χ1) is 14.0. The molecule has 8 heteroatoms. The van der Waals surface area contributed by atoms with Crippen molar-refractivity contribution in [2.24, 2.45) is 0 Å². The number of nitrogens with one attached hydrogen (secondary N) is 2. The van der Waals surface area contributed by atoms with E-state index in [2.05, 4.69) is 10.6 Å². The zero-order chi connectivity index (χ0) is 20.8. The van der Waals surface area contributed by atoms with Crippen LogP contribution in [0.25, 0.3) is 0 Å². The van der Waals surface area contributed by atoms with Crippen LogP contribution in [-0.2, 0) is 11.2 Å². The van der Waals surface area contributed by atoms with Gasteiger partial charge >= 0.3 is 5.97 Å². The number of benzene rings is 1. The molecule has 0 aliphatic heterocycles. The van der Waals surface area contributed by atoms with Crippen molar-refractivity contribution in [3.63, 3.8) is 0 Å². The summed E-state index contributed by atoms with van der Waals surface area (Å²) in [5, 5.41) is 7.71. The number of carbonyl (C=O) groups excluding carboxylic acids is 3. The molecule has 0 radical (unpaired) electrons. The van der Waals surface area contributed by atoms with E-state index < -0.39 is 5.97 Å². The molecule has 2 heterocycles. The van der Waals surface area contributed by atoms with E-state index in [4.69, 9.17) is 4.74 Å². The fraction of sp³-hybridized carbons (Fsp3) is 0.190. The van der Waals surface area contributed by atoms with E-state index in [1.807, 2.05) is 30.3 Å². The van der Waals surface area contributed by atoms with Crippen molar-refractivity contribution in [3.8, 4) is 0 Å². The Hall–Kier alpha value is -2.97. The van der Waals surface area contributed by atoms with Crippen LogP contribution in [0.2, 0.25) is 0 Å². The predicted molar refractivity (Wildman–Crippen MR) is 115 cm³/mol. The minimum Gasteiger partial charge on any atom is -0.465 e. The summed E-state index contributed by atoms with van der Waals surface area (Å²) in [6, 6.07) is 13.3. The lowest BCUT2D eigenvalue weighted by Gasteiger charge is -2.05. The Bertz CT molecular complexity index is 1010. The fourth-order valence-corrected chi connectivity index (χ4v) is 4.51. The average Bonchev–Trinajstić information content (AvgIpc) is 3.37. The maximum absolute atomic E-state index is 12.7. The van der Waals surface area contributed by atoms with Gasteiger partial charge in [0.1, 0.15) is 5.00 Å². The van der Waals surface area contributed by atoms with E-state index in [0.29, 0.717) is 33.3 Å². The molecule has 3 rings (SSSR count). The number of hydrogen-bond acceptors (Lipinski definition) is 6. The second-order valence-corrected chi connectivity index (χ2v) is 8.14. The molecule has 150 valence electrons. The summed E-state index contributed by atoms with van der Waals surface area (Å²) in [6.07, 6.45) is 0.697. The van der Waals surface area contributed by atoms with E-state index in [1.54, 1.807) is 24.4 Å². The highest BCUT2D eigenvalue weighted by Crippen LogP contribution is 2.34. The fourth-order valence-electron chi connectivity index (χ4n) is 2.78. The number of amides is 2. The molecular weight excluding hydrogens is 408 g/mol. The molecule has 0 atom stereocenters. The highest BCUT2D eigenvalue weighted by molar-refractivity contribution is 7.19. The van der Waals surface area contributed by atoms with Crippen molar-refractivity contribution in [1.29, 1.82) is 0 Å². The summed E-state index contributed by atoms with van der Waals surface area (Å²) in [6.45, 7) is 2.14. The third-order valence-corrected chi connectivity index (χ3v) is 6.33. The van der Waals surface area contributed by atoms with E-state index >= 15 is 0 Å². The first kappa shape index (κ1) is 20.8. The van der Waals surface area contributed by atoms with Crippen LogP contribution in [0.15, 0.2) is 47.8 Å². The highest BCUT2D eigenvalue weighted by atomic mass is 32.1. The normalized spacial score (nSPS) is 10.4. The molecule has 0 unspecified atom stereocenters. The van der Waals surface area contributed by atoms with E-state index in [9.17, 15) is 14.4 Å². The van der Waals surface area contributed by atoms with Crippen LogP contribution in [0, 0.1) is 6.92 Å². The van der Waals surface area contributed by atoms with Gasteiger partial charge in [-0.15, -0.1) is 22.7 Å². The van der Waals surface area contributed by atoms with Gasteiger partial charge in [0.25, 0.3) is 11.8 Å². The van der Waals surface area contributed by atoms with Gasteiger partial charge in [0, 0.05) is 6.54 Å². The first-order valence-corrected chi connectivity index (χ1v) is 10.6. The molecule has 0 spiro atoms. The van der Waals surface area contributed by atoms with Crippen molar-refractivity contribution in [2.75, 3.05) is 19.0 Å². The molecular formula is C21H20N2O4S2. The van der Waals surface area contributed by atoms with Crippen molar-refractivity contribution in [1.82, 2.24) is 5.32 Å². The Morgan fingerprint density at radius 3 is 2.45 bits per heavy atom. The topological polar surface area (TPSA) is 84.5 Å². The van der Waals surface area contributed by atoms with Crippen molar-refractivity contribution in [3.05, 3.63) is 74.3 Å². The predicted octanol–water partition coefficient (Wildman–Crippen LogP) is 4.13. The Morgan fingerprint density at radius 2 is 1.79 bits per heavy atom. The zero-order valence-corrected chi connectivity index (χ0v) is 17.6. The van der Waals surface area contributed by atoms with Crippen LogP contribution in [-0.4, -0.2) is 31.4 Å². The van der Waals surface area contributed by atoms with E-state index in [0.717, 1.165) is 16.9 Å². The lowest BCUT2D eigenvalue weighted by atomic mass is 10.1. The number of anilines is 1. The Morgan fingerprint density at radius 1 is 1.03 bits per heavy atom. The van der Waals surface area contributed by atoms with E-state index in [-0.39, 0.29) is 17.4 Å². The lowest BCUT2D eigenvalue weighted by Crippen LogP contribution is -2.25. The Kier molecular flexibility index (Phi) is 6.79. The molecule has 0 aliphatic carbocycles. The molecule has 2 aromatic heterocycles. The summed E-state index contributed by atoms with van der Waals surface area (Å²) in [7, 11) is 1.27. The number of hydrogen-bond donors (Lipinski definition) is 2. The monoisotopic (exact) mass is 428 g/mol. The molecule has 2 N–H and O–H groups in total. The Labute approximate surface area is 176 Å². The molecule has 0 fully saturated rings. The number of rotatable bonds is 7. The van der Waals surface area contributed by atoms with Gasteiger partial charge in [-0.2, -0.15) is 0 Å². The van der Waals surface area contributed by atoms with Crippen LogP contribution >= 0.6 is 22.7 Å². The van der Waals surface area contributed by atoms with Crippen molar-refractivity contribution in [2.45, 2.75) is 13.3 Å². The molecule has 3 aromatic rings. The molecule has 0 saturated carbocycles. The quantitative estimate of drug-likeness (QED) is 0.554. The van der Waals surface area contributed by atoms with Crippen molar-refractivity contribution >= 4 is 45.5 Å². The van der Waals surface area contributed by atoms with Crippen LogP contribution in [0.5, 0.6) is 0 Å². The minimum absolute atomic E-state index is 0.204. The Balaban J connectivity index is 1.77. The van der Waals surface area contributed by atoms with Crippen LogP contribution in [0.4, 0.5) is 5.00 Å². The molecule has 0 saturated heterocycles. The van der Waals surface area contributed by atoms with Gasteiger partial charge in [-0.25, -0.2) is 4.79 Å². The van der Waals surface area contributed by atoms with Gasteiger partial charge in [-0.3, -0.25) is 9.59 Å². The maximum atomic E-state index is 12.7. The van der Waals surface area contributed by atoms with Crippen LogP contribution < -0.4 is 10.6 Å². The summed E-state index contributed by atoms with van der Waals surface area (Å²) in [5.41, 5.74) is 1.81. The smallest absolute Gasteiger partial charge is 0.341 e. The molecule has 29 heavy (non-hydrogen) atoms. The van der Waals surface area contributed by atoms with E-state index in [1.165, 1.54) is 18.4 Å². The first-order valence-electron chi connectivity index (χ1n) is 8.90. The van der Waals surface area contributed by atoms with Gasteiger partial charge in [-0.1, -0.05) is 36.4 Å². The van der Waals surface area contributed by atoms with Gasteiger partial charge in [0.15, 0.2) is 0 Å². The zero-order valence-electron chi connectivity index (χ0n) is 16.0. The maximum Gasteiger partial charge on any atom is 0.341 e. The second kappa shape index (κ2) is 9.49. The SMILES string of the molecule is COC(=O)c1c(NC(=O)c2cccs2)sc(C(=O)NCCc2ccccc2)c1C. The van der Waals surface area contributed by atoms with Crippen molar-refractivity contribution < 1.29 is 19.1 Å². The summed E-state index contributed by atoms with van der Waals surface area (Å²) in [4.78, 5) is 38.2. The summed E-state index contributed by atoms with van der Waals surface area (Å²) >= 11 is 2.36. The second-order valence-electron chi connectivity index (χ2n) is 6.17. The minimum atomic E-state index is -0.594.